The lowest BCUT2D eigenvalue weighted by atomic mass is 10.0. The van der Waals surface area contributed by atoms with Crippen LogP contribution in [0.4, 0.5) is 0 Å². The Balaban J connectivity index is 2.44. The normalized spacial score (nSPS) is 10.8. The molecule has 3 N–H and O–H groups in total. The molecule has 0 radical (unpaired) electrons. The summed E-state index contributed by atoms with van der Waals surface area (Å²) in [5, 5.41) is 31.2. The first-order valence-electron chi connectivity index (χ1n) is 5.83. The number of fused-ring (bicyclic) bond motifs is 3. The number of hydrogen-bond acceptors (Lipinski definition) is 4. The van der Waals surface area contributed by atoms with Crippen molar-refractivity contribution in [3.63, 3.8) is 0 Å². The molecule has 0 aliphatic carbocycles. The van der Waals surface area contributed by atoms with E-state index < -0.39 is 7.32 Å². The monoisotopic (exact) mass is 254 g/mol. The molecule has 0 amide bonds. The van der Waals surface area contributed by atoms with Crippen molar-refractivity contribution in [2.45, 2.75) is 0 Å². The van der Waals surface area contributed by atoms with Gasteiger partial charge in [0.1, 0.15) is 0 Å². The second-order valence-electron chi connectivity index (χ2n) is 4.24. The first-order chi connectivity index (χ1) is 9.16. The van der Waals surface area contributed by atoms with Crippen LogP contribution in [-0.4, -0.2) is 22.5 Å². The van der Waals surface area contributed by atoms with Gasteiger partial charge in [0.25, 0.3) is 0 Å². The first-order valence-corrected chi connectivity index (χ1v) is 5.83. The standard InChI is InChI=1S/C14H11BO4/c16-12-8-7-10-6-5-9-3-1-2-4-11(9)13(10)14(12)19-15(17)18/h1-8,16-18H. The highest BCUT2D eigenvalue weighted by atomic mass is 16.6. The second kappa shape index (κ2) is 4.46. The van der Waals surface area contributed by atoms with E-state index in [1.165, 1.54) is 6.07 Å². The average Bonchev–Trinajstić information content (AvgIpc) is 2.41. The molecule has 0 bridgehead atoms. The van der Waals surface area contributed by atoms with E-state index in [4.69, 9.17) is 14.7 Å². The average molecular weight is 254 g/mol. The van der Waals surface area contributed by atoms with Crippen molar-refractivity contribution in [1.29, 1.82) is 0 Å². The quantitative estimate of drug-likeness (QED) is 0.483. The molecule has 0 aliphatic rings. The van der Waals surface area contributed by atoms with E-state index >= 15 is 0 Å². The van der Waals surface area contributed by atoms with E-state index in [0.717, 1.165) is 16.2 Å². The van der Waals surface area contributed by atoms with Crippen LogP contribution in [0.1, 0.15) is 0 Å². The molecule has 0 spiro atoms. The van der Waals surface area contributed by atoms with Crippen molar-refractivity contribution >= 4 is 28.9 Å². The van der Waals surface area contributed by atoms with E-state index in [1.54, 1.807) is 6.07 Å². The number of phenols is 1. The SMILES string of the molecule is OB(O)Oc1c(O)ccc2ccc3ccccc3c12. The highest BCUT2D eigenvalue weighted by Crippen LogP contribution is 2.39. The van der Waals surface area contributed by atoms with Gasteiger partial charge in [0.15, 0.2) is 11.5 Å². The maximum absolute atomic E-state index is 9.87. The van der Waals surface area contributed by atoms with Gasteiger partial charge in [0.2, 0.25) is 0 Å². The minimum Gasteiger partial charge on any atom is -0.509 e. The van der Waals surface area contributed by atoms with Gasteiger partial charge in [0, 0.05) is 5.39 Å². The van der Waals surface area contributed by atoms with Crippen molar-refractivity contribution in [2.75, 3.05) is 0 Å². The third kappa shape index (κ3) is 1.99. The van der Waals surface area contributed by atoms with Crippen molar-refractivity contribution < 1.29 is 19.8 Å². The van der Waals surface area contributed by atoms with Crippen LogP contribution in [0.15, 0.2) is 48.5 Å². The number of benzene rings is 3. The van der Waals surface area contributed by atoms with E-state index in [-0.39, 0.29) is 11.5 Å². The van der Waals surface area contributed by atoms with Crippen LogP contribution in [0.3, 0.4) is 0 Å². The summed E-state index contributed by atoms with van der Waals surface area (Å²) in [6.07, 6.45) is 0. The maximum atomic E-state index is 9.87. The Labute approximate surface area is 109 Å². The Hall–Kier alpha value is -2.24. The lowest BCUT2D eigenvalue weighted by Crippen LogP contribution is -2.20. The third-order valence-electron chi connectivity index (χ3n) is 3.06. The van der Waals surface area contributed by atoms with Crippen molar-refractivity contribution in [3.8, 4) is 11.5 Å². The Kier molecular flexibility index (Phi) is 2.78. The van der Waals surface area contributed by atoms with Gasteiger partial charge in [-0.2, -0.15) is 0 Å². The fraction of sp³-hybridized carbons (Fsp3) is 0. The molecule has 0 unspecified atom stereocenters. The molecule has 0 fully saturated rings. The van der Waals surface area contributed by atoms with Gasteiger partial charge in [-0.15, -0.1) is 0 Å². The van der Waals surface area contributed by atoms with Crippen LogP contribution in [-0.2, 0) is 0 Å². The summed E-state index contributed by atoms with van der Waals surface area (Å²) < 4.78 is 4.93. The highest BCUT2D eigenvalue weighted by Gasteiger charge is 2.18. The Morgan fingerprint density at radius 1 is 0.842 bits per heavy atom. The number of hydrogen-bond donors (Lipinski definition) is 3. The van der Waals surface area contributed by atoms with Crippen LogP contribution in [0.5, 0.6) is 11.5 Å². The lowest BCUT2D eigenvalue weighted by molar-refractivity contribution is 0.283. The predicted molar refractivity (Wildman–Crippen MR) is 73.9 cm³/mol. The second-order valence-corrected chi connectivity index (χ2v) is 4.24. The molecule has 0 atom stereocenters. The molecule has 4 nitrogen and oxygen atoms in total. The van der Waals surface area contributed by atoms with Gasteiger partial charge in [-0.3, -0.25) is 0 Å². The van der Waals surface area contributed by atoms with Crippen molar-refractivity contribution in [3.05, 3.63) is 48.5 Å². The zero-order valence-corrected chi connectivity index (χ0v) is 9.95. The number of phenolic OH excluding ortho intramolecular Hbond substituents is 1. The largest absolute Gasteiger partial charge is 0.707 e. The predicted octanol–water partition coefficient (Wildman–Crippen LogP) is 2.05. The van der Waals surface area contributed by atoms with E-state index in [9.17, 15) is 5.11 Å². The van der Waals surface area contributed by atoms with Crippen LogP contribution in [0.2, 0.25) is 0 Å². The lowest BCUT2D eigenvalue weighted by Gasteiger charge is -2.12. The zero-order valence-electron chi connectivity index (χ0n) is 9.95. The van der Waals surface area contributed by atoms with E-state index in [2.05, 4.69) is 0 Å². The Morgan fingerprint density at radius 2 is 1.53 bits per heavy atom. The summed E-state index contributed by atoms with van der Waals surface area (Å²) in [5.41, 5.74) is 0. The fourth-order valence-electron chi connectivity index (χ4n) is 2.28. The van der Waals surface area contributed by atoms with Gasteiger partial charge in [0.05, 0.1) is 0 Å². The van der Waals surface area contributed by atoms with Crippen LogP contribution >= 0.6 is 0 Å². The molecular formula is C14H11BO4. The molecule has 3 aromatic carbocycles. The molecular weight excluding hydrogens is 243 g/mol. The van der Waals surface area contributed by atoms with Crippen LogP contribution in [0.25, 0.3) is 21.5 Å². The summed E-state index contributed by atoms with van der Waals surface area (Å²) in [5.74, 6) is -0.0544. The van der Waals surface area contributed by atoms with E-state index in [1.807, 2.05) is 36.4 Å². The van der Waals surface area contributed by atoms with Crippen molar-refractivity contribution in [1.82, 2.24) is 0 Å². The van der Waals surface area contributed by atoms with Gasteiger partial charge >= 0.3 is 7.32 Å². The molecule has 0 aliphatic heterocycles. The highest BCUT2D eigenvalue weighted by molar-refractivity contribution is 6.34. The summed E-state index contributed by atoms with van der Waals surface area (Å²) in [7, 11) is -1.98. The van der Waals surface area contributed by atoms with Crippen LogP contribution in [0, 0.1) is 0 Å². The fourth-order valence-corrected chi connectivity index (χ4v) is 2.28. The third-order valence-corrected chi connectivity index (χ3v) is 3.06. The topological polar surface area (TPSA) is 69.9 Å². The summed E-state index contributed by atoms with van der Waals surface area (Å²) >= 11 is 0. The van der Waals surface area contributed by atoms with Crippen molar-refractivity contribution in [2.24, 2.45) is 0 Å². The van der Waals surface area contributed by atoms with Gasteiger partial charge in [-0.25, -0.2) is 0 Å². The zero-order chi connectivity index (χ0) is 13.4. The molecule has 3 rings (SSSR count). The number of aromatic hydroxyl groups is 1. The summed E-state index contributed by atoms with van der Waals surface area (Å²) in [6.45, 7) is 0. The molecule has 19 heavy (non-hydrogen) atoms. The Bertz CT molecular complexity index is 755. The van der Waals surface area contributed by atoms with Gasteiger partial charge in [-0.1, -0.05) is 42.5 Å². The summed E-state index contributed by atoms with van der Waals surface area (Å²) in [4.78, 5) is 0. The number of rotatable bonds is 2. The molecule has 0 saturated heterocycles. The minimum absolute atomic E-state index is 0.0734. The van der Waals surface area contributed by atoms with E-state index in [0.29, 0.717) is 5.39 Å². The maximum Gasteiger partial charge on any atom is 0.707 e. The molecule has 0 heterocycles. The molecule has 5 heteroatoms. The smallest absolute Gasteiger partial charge is 0.509 e. The molecule has 3 aromatic rings. The molecule has 0 aromatic heterocycles. The minimum atomic E-state index is -1.98. The molecule has 94 valence electrons. The first kappa shape index (κ1) is 11.8. The van der Waals surface area contributed by atoms with Crippen LogP contribution < -0.4 is 4.65 Å². The Morgan fingerprint density at radius 3 is 2.32 bits per heavy atom. The van der Waals surface area contributed by atoms with Gasteiger partial charge < -0.3 is 19.8 Å². The van der Waals surface area contributed by atoms with Gasteiger partial charge in [-0.05, 0) is 22.2 Å². The summed E-state index contributed by atoms with van der Waals surface area (Å²) in [6, 6.07) is 14.7. The molecule has 0 saturated carbocycles.